The van der Waals surface area contributed by atoms with Crippen LogP contribution in [-0.2, 0) is 0 Å². The highest BCUT2D eigenvalue weighted by Crippen LogP contribution is 1.68. The molecule has 0 rings (SSSR count). The average molecular weight is 147 g/mol. The summed E-state index contributed by atoms with van der Waals surface area (Å²) in [4.78, 5) is 0. The maximum absolute atomic E-state index is 2.31. The number of hydrogen-bond acceptors (Lipinski definition) is 0. The maximum atomic E-state index is 2.31. The number of rotatable bonds is 0. The van der Waals surface area contributed by atoms with Crippen molar-refractivity contribution in [1.82, 2.24) is 0 Å². The highest BCUT2D eigenvalue weighted by Gasteiger charge is 1.71. The van der Waals surface area contributed by atoms with Crippen molar-refractivity contribution in [2.24, 2.45) is 0 Å². The summed E-state index contributed by atoms with van der Waals surface area (Å²) < 4.78 is 0. The zero-order chi connectivity index (χ0) is 3.58. The highest BCUT2D eigenvalue weighted by atomic mass is 35.5. The van der Waals surface area contributed by atoms with Crippen molar-refractivity contribution in [2.45, 2.75) is 19.6 Å². The van der Waals surface area contributed by atoms with E-state index in [2.05, 4.69) is 19.6 Å². The highest BCUT2D eigenvalue weighted by molar-refractivity contribution is 6.54. The Morgan fingerprint density at radius 3 is 0.833 bits per heavy atom. The second-order valence-corrected chi connectivity index (χ2v) is 5.20. The monoisotopic (exact) mass is 146 g/mol. The van der Waals surface area contributed by atoms with Crippen LogP contribution in [0.15, 0.2) is 0 Å². The second kappa shape index (κ2) is 9.25. The van der Waals surface area contributed by atoms with Crippen LogP contribution in [0.25, 0.3) is 0 Å². The van der Waals surface area contributed by atoms with Gasteiger partial charge in [0.2, 0.25) is 0 Å². The molecule has 0 aromatic heterocycles. The molecule has 42 valence electrons. The van der Waals surface area contributed by atoms with Gasteiger partial charge in [-0.05, 0) is 0 Å². The van der Waals surface area contributed by atoms with Gasteiger partial charge in [-0.1, -0.05) is 19.6 Å². The summed E-state index contributed by atoms with van der Waals surface area (Å²) in [5, 5.41) is 0. The summed E-state index contributed by atoms with van der Waals surface area (Å²) in [6, 6.07) is 0. The molecule has 0 bridgehead atoms. The summed E-state index contributed by atoms with van der Waals surface area (Å²) in [5.41, 5.74) is 0. The number of halogens is 2. The Bertz CT molecular complexity index is 13.5. The van der Waals surface area contributed by atoms with Gasteiger partial charge in [0.1, 0.15) is 0 Å². The predicted molar refractivity (Wildman–Crippen MR) is 39.2 cm³/mol. The molecule has 0 aliphatic heterocycles. The molecule has 0 aromatic carbocycles. The molecule has 0 spiro atoms. The SMILES string of the molecule is C[SiH](C)C.Cl.Cl. The van der Waals surface area contributed by atoms with Crippen LogP contribution in [-0.4, -0.2) is 8.80 Å². The van der Waals surface area contributed by atoms with Crippen LogP contribution in [0.3, 0.4) is 0 Å². The fraction of sp³-hybridized carbons (Fsp3) is 1.00. The van der Waals surface area contributed by atoms with E-state index in [0.29, 0.717) is 0 Å². The quantitative estimate of drug-likeness (QED) is 0.459. The predicted octanol–water partition coefficient (Wildman–Crippen LogP) is 1.95. The van der Waals surface area contributed by atoms with Gasteiger partial charge in [-0.2, -0.15) is 0 Å². The van der Waals surface area contributed by atoms with Gasteiger partial charge in [-0.15, -0.1) is 24.8 Å². The molecule has 3 heteroatoms. The van der Waals surface area contributed by atoms with E-state index in [1.165, 1.54) is 0 Å². The van der Waals surface area contributed by atoms with Crippen molar-refractivity contribution in [3.05, 3.63) is 0 Å². The largest absolute Gasteiger partial charge is 0.147 e. The second-order valence-electron chi connectivity index (χ2n) is 1.73. The van der Waals surface area contributed by atoms with Crippen molar-refractivity contribution >= 4 is 33.6 Å². The first-order valence-electron chi connectivity index (χ1n) is 1.73. The van der Waals surface area contributed by atoms with Crippen molar-refractivity contribution in [3.8, 4) is 0 Å². The Morgan fingerprint density at radius 1 is 0.833 bits per heavy atom. The van der Waals surface area contributed by atoms with E-state index in [4.69, 9.17) is 0 Å². The van der Waals surface area contributed by atoms with Gasteiger partial charge in [0.05, 0.1) is 0 Å². The summed E-state index contributed by atoms with van der Waals surface area (Å²) >= 11 is 0. The third kappa shape index (κ3) is 109. The van der Waals surface area contributed by atoms with Crippen LogP contribution in [0.4, 0.5) is 0 Å². The molecule has 0 nitrogen and oxygen atoms in total. The lowest BCUT2D eigenvalue weighted by molar-refractivity contribution is 1.91. The molecule has 0 saturated carbocycles. The van der Waals surface area contributed by atoms with E-state index in [-0.39, 0.29) is 33.6 Å². The first kappa shape index (κ1) is 15.8. The molecule has 0 saturated heterocycles. The fourth-order valence-electron chi connectivity index (χ4n) is 0. The van der Waals surface area contributed by atoms with Gasteiger partial charge < -0.3 is 0 Å². The Morgan fingerprint density at radius 2 is 0.833 bits per heavy atom. The molecule has 0 amide bonds. The first-order chi connectivity index (χ1) is 1.73. The molecule has 0 fully saturated rings. The molecule has 6 heavy (non-hydrogen) atoms. The third-order valence-corrected chi connectivity index (χ3v) is 0. The first-order valence-corrected chi connectivity index (χ1v) is 5.20. The molecule has 0 aliphatic carbocycles. The van der Waals surface area contributed by atoms with E-state index in [1.807, 2.05) is 0 Å². The zero-order valence-electron chi connectivity index (χ0n) is 4.39. The van der Waals surface area contributed by atoms with Gasteiger partial charge >= 0.3 is 0 Å². The van der Waals surface area contributed by atoms with Crippen molar-refractivity contribution in [1.29, 1.82) is 0 Å². The lowest BCUT2D eigenvalue weighted by atomic mass is 11.8. The summed E-state index contributed by atoms with van der Waals surface area (Å²) in [6.07, 6.45) is 0. The molecule has 0 aromatic rings. The summed E-state index contributed by atoms with van der Waals surface area (Å²) in [6.45, 7) is 6.92. The van der Waals surface area contributed by atoms with Crippen LogP contribution < -0.4 is 0 Å². The Kier molecular flexibility index (Phi) is 24.4. The lowest BCUT2D eigenvalue weighted by Crippen LogP contribution is -1.84. The molecule has 0 unspecified atom stereocenters. The molecule has 0 radical (unpaired) electrons. The van der Waals surface area contributed by atoms with Crippen LogP contribution in [0.1, 0.15) is 0 Å². The fourth-order valence-corrected chi connectivity index (χ4v) is 0. The molecule has 0 aliphatic rings. The van der Waals surface area contributed by atoms with Crippen molar-refractivity contribution in [2.75, 3.05) is 0 Å². The smallest absolute Gasteiger partial charge is 0.0274 e. The van der Waals surface area contributed by atoms with Gasteiger partial charge in [0.25, 0.3) is 0 Å². The minimum atomic E-state index is -0.139. The van der Waals surface area contributed by atoms with E-state index in [9.17, 15) is 0 Å². The van der Waals surface area contributed by atoms with Crippen LogP contribution in [0, 0.1) is 0 Å². The Hall–Kier alpha value is 0.797. The van der Waals surface area contributed by atoms with Gasteiger partial charge in [0, 0.05) is 8.80 Å². The molecular formula is C3H12Cl2Si. The lowest BCUT2D eigenvalue weighted by Gasteiger charge is -1.75. The summed E-state index contributed by atoms with van der Waals surface area (Å²) in [7, 11) is -0.139. The minimum absolute atomic E-state index is 0. The Labute approximate surface area is 53.8 Å². The standard InChI is InChI=1S/C3H10Si.2ClH/c1-4(2)3;;/h4H,1-3H3;2*1H. The minimum Gasteiger partial charge on any atom is -0.147 e. The molecule has 0 atom stereocenters. The third-order valence-electron chi connectivity index (χ3n) is 0. The van der Waals surface area contributed by atoms with E-state index in [0.717, 1.165) is 0 Å². The molecule has 0 N–H and O–H groups in total. The van der Waals surface area contributed by atoms with Crippen molar-refractivity contribution in [3.63, 3.8) is 0 Å². The van der Waals surface area contributed by atoms with Crippen LogP contribution in [0.5, 0.6) is 0 Å². The zero-order valence-corrected chi connectivity index (χ0v) is 7.18. The number of hydrogen-bond donors (Lipinski definition) is 0. The van der Waals surface area contributed by atoms with Crippen LogP contribution >= 0.6 is 24.8 Å². The maximum Gasteiger partial charge on any atom is 0.0274 e. The van der Waals surface area contributed by atoms with E-state index >= 15 is 0 Å². The van der Waals surface area contributed by atoms with Gasteiger partial charge in [0.15, 0.2) is 0 Å². The van der Waals surface area contributed by atoms with Gasteiger partial charge in [-0.3, -0.25) is 0 Å². The molecular weight excluding hydrogens is 135 g/mol. The van der Waals surface area contributed by atoms with Crippen LogP contribution in [0.2, 0.25) is 19.6 Å². The van der Waals surface area contributed by atoms with Crippen molar-refractivity contribution < 1.29 is 0 Å². The summed E-state index contributed by atoms with van der Waals surface area (Å²) in [5.74, 6) is 0. The van der Waals surface area contributed by atoms with E-state index in [1.54, 1.807) is 0 Å². The van der Waals surface area contributed by atoms with Gasteiger partial charge in [-0.25, -0.2) is 0 Å². The Balaban J connectivity index is -0.0000000450. The average Bonchev–Trinajstić information content (AvgIpc) is 0.811. The van der Waals surface area contributed by atoms with E-state index < -0.39 is 0 Å². The normalized spacial score (nSPS) is 6.00. The topological polar surface area (TPSA) is 0 Å². The molecule has 0 heterocycles.